The standard InChI is InChI=1S/C23H27N3O3/c1-16(10-15-26-22(28)20-4-2-3-5-21(20)23(26)29)24-17-6-8-18(9-7-17)25-13-11-19(27)12-14-25/h2-9,16,19,24,27H,10-15H2,1H3. The van der Waals surface area contributed by atoms with Gasteiger partial charge in [0, 0.05) is 37.1 Å². The van der Waals surface area contributed by atoms with Gasteiger partial charge >= 0.3 is 0 Å². The van der Waals surface area contributed by atoms with E-state index in [1.807, 2.05) is 0 Å². The van der Waals surface area contributed by atoms with E-state index in [-0.39, 0.29) is 24.0 Å². The minimum atomic E-state index is -0.200. The Labute approximate surface area is 171 Å². The number of amides is 2. The summed E-state index contributed by atoms with van der Waals surface area (Å²) in [4.78, 5) is 28.5. The first-order valence-electron chi connectivity index (χ1n) is 10.3. The zero-order valence-corrected chi connectivity index (χ0v) is 16.7. The lowest BCUT2D eigenvalue weighted by Crippen LogP contribution is -2.35. The highest BCUT2D eigenvalue weighted by Gasteiger charge is 2.34. The van der Waals surface area contributed by atoms with Gasteiger partial charge in [0.1, 0.15) is 0 Å². The second-order valence-electron chi connectivity index (χ2n) is 7.91. The number of benzene rings is 2. The van der Waals surface area contributed by atoms with Crippen LogP contribution < -0.4 is 10.2 Å². The first-order valence-corrected chi connectivity index (χ1v) is 10.3. The van der Waals surface area contributed by atoms with E-state index < -0.39 is 0 Å². The summed E-state index contributed by atoms with van der Waals surface area (Å²) in [6.07, 6.45) is 2.14. The molecule has 152 valence electrons. The smallest absolute Gasteiger partial charge is 0.261 e. The monoisotopic (exact) mass is 393 g/mol. The molecule has 2 aliphatic rings. The van der Waals surface area contributed by atoms with Gasteiger partial charge in [0.15, 0.2) is 0 Å². The first-order chi connectivity index (χ1) is 14.0. The molecular weight excluding hydrogens is 366 g/mol. The van der Waals surface area contributed by atoms with Crippen LogP contribution >= 0.6 is 0 Å². The number of hydrogen-bond donors (Lipinski definition) is 2. The van der Waals surface area contributed by atoms with Crippen LogP contribution in [0.1, 0.15) is 46.9 Å². The Morgan fingerprint density at radius 2 is 1.59 bits per heavy atom. The first kappa shape index (κ1) is 19.5. The van der Waals surface area contributed by atoms with Crippen LogP contribution in [-0.4, -0.2) is 53.6 Å². The Morgan fingerprint density at radius 1 is 1.00 bits per heavy atom. The van der Waals surface area contributed by atoms with Crippen molar-refractivity contribution in [2.24, 2.45) is 0 Å². The topological polar surface area (TPSA) is 72.9 Å². The van der Waals surface area contributed by atoms with E-state index in [2.05, 4.69) is 41.4 Å². The van der Waals surface area contributed by atoms with Gasteiger partial charge < -0.3 is 15.3 Å². The van der Waals surface area contributed by atoms with Crippen LogP contribution in [0.25, 0.3) is 0 Å². The van der Waals surface area contributed by atoms with Gasteiger partial charge in [0.2, 0.25) is 0 Å². The van der Waals surface area contributed by atoms with Crippen molar-refractivity contribution in [3.8, 4) is 0 Å². The molecule has 1 fully saturated rings. The number of fused-ring (bicyclic) bond motifs is 1. The minimum Gasteiger partial charge on any atom is -0.393 e. The van der Waals surface area contributed by atoms with E-state index in [1.54, 1.807) is 24.3 Å². The van der Waals surface area contributed by atoms with E-state index in [1.165, 1.54) is 10.6 Å². The zero-order valence-electron chi connectivity index (χ0n) is 16.7. The molecule has 0 radical (unpaired) electrons. The Morgan fingerprint density at radius 3 is 2.17 bits per heavy atom. The molecule has 2 N–H and O–H groups in total. The van der Waals surface area contributed by atoms with E-state index in [0.717, 1.165) is 31.6 Å². The molecule has 2 aromatic rings. The molecule has 1 saturated heterocycles. The van der Waals surface area contributed by atoms with Crippen LogP contribution in [0.4, 0.5) is 11.4 Å². The van der Waals surface area contributed by atoms with Crippen molar-refractivity contribution in [2.45, 2.75) is 38.3 Å². The second-order valence-corrected chi connectivity index (χ2v) is 7.91. The molecule has 0 aliphatic carbocycles. The van der Waals surface area contributed by atoms with Gasteiger partial charge in [-0.1, -0.05) is 12.1 Å². The molecule has 2 aromatic carbocycles. The highest BCUT2D eigenvalue weighted by atomic mass is 16.3. The highest BCUT2D eigenvalue weighted by Crippen LogP contribution is 2.24. The molecule has 4 rings (SSSR count). The third-order valence-corrected chi connectivity index (χ3v) is 5.77. The quantitative estimate of drug-likeness (QED) is 0.738. The summed E-state index contributed by atoms with van der Waals surface area (Å²) in [6.45, 7) is 4.21. The third kappa shape index (κ3) is 4.12. The molecule has 0 saturated carbocycles. The molecule has 29 heavy (non-hydrogen) atoms. The molecule has 2 heterocycles. The number of carbonyl (C=O) groups excluding carboxylic acids is 2. The van der Waals surface area contributed by atoms with Crippen LogP contribution in [0.3, 0.4) is 0 Å². The van der Waals surface area contributed by atoms with Crippen molar-refractivity contribution in [1.29, 1.82) is 0 Å². The Bertz CT molecular complexity index is 853. The Hall–Kier alpha value is -2.86. The molecule has 6 nitrogen and oxygen atoms in total. The van der Waals surface area contributed by atoms with Gasteiger partial charge in [-0.3, -0.25) is 14.5 Å². The predicted molar refractivity (Wildman–Crippen MR) is 113 cm³/mol. The van der Waals surface area contributed by atoms with Gasteiger partial charge in [-0.05, 0) is 62.6 Å². The SMILES string of the molecule is CC(CCN1C(=O)c2ccccc2C1=O)Nc1ccc(N2CCC(O)CC2)cc1. The molecule has 0 spiro atoms. The molecule has 0 aromatic heterocycles. The summed E-state index contributed by atoms with van der Waals surface area (Å²) in [5.74, 6) is -0.400. The van der Waals surface area contributed by atoms with Crippen LogP contribution in [0, 0.1) is 0 Å². The summed E-state index contributed by atoms with van der Waals surface area (Å²) in [6, 6.07) is 15.4. The van der Waals surface area contributed by atoms with Crippen molar-refractivity contribution in [1.82, 2.24) is 4.90 Å². The zero-order chi connectivity index (χ0) is 20.4. The number of anilines is 2. The number of nitrogens with one attached hydrogen (secondary N) is 1. The fourth-order valence-electron chi connectivity index (χ4n) is 4.01. The summed E-state index contributed by atoms with van der Waals surface area (Å²) >= 11 is 0. The molecule has 0 bridgehead atoms. The van der Waals surface area contributed by atoms with E-state index in [9.17, 15) is 14.7 Å². The van der Waals surface area contributed by atoms with Crippen molar-refractivity contribution in [3.63, 3.8) is 0 Å². The summed E-state index contributed by atoms with van der Waals surface area (Å²) < 4.78 is 0. The summed E-state index contributed by atoms with van der Waals surface area (Å²) in [5.41, 5.74) is 3.18. The van der Waals surface area contributed by atoms with Crippen LogP contribution in [-0.2, 0) is 0 Å². The lowest BCUT2D eigenvalue weighted by atomic mass is 10.1. The molecule has 1 atom stereocenters. The molecule has 2 aliphatic heterocycles. The maximum atomic E-state index is 12.5. The largest absolute Gasteiger partial charge is 0.393 e. The summed E-state index contributed by atoms with van der Waals surface area (Å²) in [5, 5.41) is 13.1. The molecule has 2 amide bonds. The predicted octanol–water partition coefficient (Wildman–Crippen LogP) is 3.13. The number of nitrogens with zero attached hydrogens (tertiary/aromatic N) is 2. The van der Waals surface area contributed by atoms with Gasteiger partial charge in [0.25, 0.3) is 11.8 Å². The van der Waals surface area contributed by atoms with Crippen LogP contribution in [0.2, 0.25) is 0 Å². The van der Waals surface area contributed by atoms with Gasteiger partial charge in [0.05, 0.1) is 17.2 Å². The Balaban J connectivity index is 1.30. The van der Waals surface area contributed by atoms with E-state index in [4.69, 9.17) is 0 Å². The fourth-order valence-corrected chi connectivity index (χ4v) is 4.01. The van der Waals surface area contributed by atoms with Crippen molar-refractivity contribution < 1.29 is 14.7 Å². The number of aliphatic hydroxyl groups is 1. The number of rotatable bonds is 6. The minimum absolute atomic E-state index is 0.121. The average Bonchev–Trinajstić information content (AvgIpc) is 2.98. The number of carbonyl (C=O) groups is 2. The maximum Gasteiger partial charge on any atom is 0.261 e. The highest BCUT2D eigenvalue weighted by molar-refractivity contribution is 6.21. The maximum absolute atomic E-state index is 12.5. The lowest BCUT2D eigenvalue weighted by Gasteiger charge is -2.31. The van der Waals surface area contributed by atoms with E-state index in [0.29, 0.717) is 24.1 Å². The third-order valence-electron chi connectivity index (χ3n) is 5.77. The van der Waals surface area contributed by atoms with Gasteiger partial charge in [-0.2, -0.15) is 0 Å². The Kier molecular flexibility index (Phi) is 5.53. The average molecular weight is 393 g/mol. The number of hydrogen-bond acceptors (Lipinski definition) is 5. The van der Waals surface area contributed by atoms with Crippen molar-refractivity contribution >= 4 is 23.2 Å². The van der Waals surface area contributed by atoms with Gasteiger partial charge in [-0.15, -0.1) is 0 Å². The van der Waals surface area contributed by atoms with Crippen LogP contribution in [0.15, 0.2) is 48.5 Å². The van der Waals surface area contributed by atoms with Crippen molar-refractivity contribution in [3.05, 3.63) is 59.7 Å². The lowest BCUT2D eigenvalue weighted by molar-refractivity contribution is 0.0651. The molecule has 6 heteroatoms. The van der Waals surface area contributed by atoms with Gasteiger partial charge in [-0.25, -0.2) is 0 Å². The number of piperidine rings is 1. The molecular formula is C23H27N3O3. The summed E-state index contributed by atoms with van der Waals surface area (Å²) in [7, 11) is 0. The van der Waals surface area contributed by atoms with Crippen molar-refractivity contribution in [2.75, 3.05) is 29.9 Å². The number of aliphatic hydroxyl groups excluding tert-OH is 1. The number of imide groups is 1. The van der Waals surface area contributed by atoms with E-state index >= 15 is 0 Å². The van der Waals surface area contributed by atoms with Crippen LogP contribution in [0.5, 0.6) is 0 Å². The molecule has 1 unspecified atom stereocenters. The normalized spacial score (nSPS) is 18.1. The second kappa shape index (κ2) is 8.25. The fraction of sp³-hybridized carbons (Fsp3) is 0.391.